The maximum atomic E-state index is 12.2. The summed E-state index contributed by atoms with van der Waals surface area (Å²) in [4.78, 5) is 11.5. The Kier molecular flexibility index (Phi) is 4.76. The lowest BCUT2D eigenvalue weighted by Gasteiger charge is -2.06. The van der Waals surface area contributed by atoms with Crippen molar-refractivity contribution in [1.82, 2.24) is 14.5 Å². The van der Waals surface area contributed by atoms with E-state index in [1.54, 1.807) is 23.3 Å². The van der Waals surface area contributed by atoms with Crippen LogP contribution in [0.2, 0.25) is 0 Å². The summed E-state index contributed by atoms with van der Waals surface area (Å²) in [6.45, 7) is 0.227. The predicted molar refractivity (Wildman–Crippen MR) is 77.8 cm³/mol. The van der Waals surface area contributed by atoms with E-state index in [0.29, 0.717) is 6.42 Å². The molecule has 21 heavy (non-hydrogen) atoms. The van der Waals surface area contributed by atoms with Crippen molar-refractivity contribution in [2.75, 3.05) is 13.7 Å². The van der Waals surface area contributed by atoms with E-state index in [-0.39, 0.29) is 16.3 Å². The molecule has 0 atom stereocenters. The van der Waals surface area contributed by atoms with Crippen molar-refractivity contribution in [2.24, 2.45) is 7.05 Å². The lowest BCUT2D eigenvalue weighted by Crippen LogP contribution is -2.27. The molecule has 9 heteroatoms. The van der Waals surface area contributed by atoms with E-state index in [9.17, 15) is 13.2 Å². The molecule has 0 fully saturated rings. The van der Waals surface area contributed by atoms with Gasteiger partial charge in [0.25, 0.3) is 0 Å². The molecule has 2 aromatic heterocycles. The molecule has 2 aromatic rings. The number of sulfonamides is 1. The largest absolute Gasteiger partial charge is 0.465 e. The monoisotopic (exact) mass is 329 g/mol. The molecule has 0 aliphatic heterocycles. The first kappa shape index (κ1) is 15.7. The third-order valence-electron chi connectivity index (χ3n) is 2.75. The van der Waals surface area contributed by atoms with E-state index in [0.717, 1.165) is 16.9 Å². The van der Waals surface area contributed by atoms with Crippen LogP contribution in [-0.4, -0.2) is 37.8 Å². The molecule has 0 bridgehead atoms. The van der Waals surface area contributed by atoms with E-state index in [4.69, 9.17) is 0 Å². The Morgan fingerprint density at radius 1 is 1.52 bits per heavy atom. The molecule has 114 valence electrons. The van der Waals surface area contributed by atoms with Crippen molar-refractivity contribution in [1.29, 1.82) is 0 Å². The van der Waals surface area contributed by atoms with Crippen LogP contribution >= 0.6 is 11.3 Å². The van der Waals surface area contributed by atoms with Crippen LogP contribution in [0.1, 0.15) is 15.2 Å². The van der Waals surface area contributed by atoms with Crippen molar-refractivity contribution in [2.45, 2.75) is 11.3 Å². The van der Waals surface area contributed by atoms with Crippen LogP contribution in [0.4, 0.5) is 0 Å². The Bertz CT molecular complexity index is 733. The summed E-state index contributed by atoms with van der Waals surface area (Å²) < 4.78 is 33.1. The maximum absolute atomic E-state index is 12.2. The summed E-state index contributed by atoms with van der Waals surface area (Å²) in [6.07, 6.45) is 4.02. The zero-order valence-electron chi connectivity index (χ0n) is 11.6. The van der Waals surface area contributed by atoms with Crippen LogP contribution < -0.4 is 4.72 Å². The number of aryl methyl sites for hydroxylation is 1. The maximum Gasteiger partial charge on any atom is 0.349 e. The molecule has 1 N–H and O–H groups in total. The molecule has 0 saturated heterocycles. The van der Waals surface area contributed by atoms with Gasteiger partial charge >= 0.3 is 5.97 Å². The van der Waals surface area contributed by atoms with Gasteiger partial charge in [0.1, 0.15) is 9.77 Å². The summed E-state index contributed by atoms with van der Waals surface area (Å²) in [5, 5.41) is 5.55. The highest BCUT2D eigenvalue weighted by atomic mass is 32.2. The van der Waals surface area contributed by atoms with Crippen molar-refractivity contribution in [3.8, 4) is 0 Å². The summed E-state index contributed by atoms with van der Waals surface area (Å²) >= 11 is 1.04. The average molecular weight is 329 g/mol. The number of rotatable bonds is 6. The number of carbonyl (C=O) groups excluding carboxylic acids is 1. The minimum atomic E-state index is -3.73. The van der Waals surface area contributed by atoms with Gasteiger partial charge in [-0.3, -0.25) is 4.68 Å². The van der Waals surface area contributed by atoms with Gasteiger partial charge < -0.3 is 4.74 Å². The number of hydrogen-bond donors (Lipinski definition) is 1. The smallest absolute Gasteiger partial charge is 0.349 e. The molecule has 7 nitrogen and oxygen atoms in total. The Balaban J connectivity index is 2.05. The molecule has 0 spiro atoms. The van der Waals surface area contributed by atoms with Crippen molar-refractivity contribution >= 4 is 27.3 Å². The first-order valence-electron chi connectivity index (χ1n) is 6.07. The molecule has 2 heterocycles. The molecule has 2 rings (SSSR count). The second kappa shape index (κ2) is 6.37. The van der Waals surface area contributed by atoms with Gasteiger partial charge in [0.15, 0.2) is 0 Å². The highest BCUT2D eigenvalue weighted by Crippen LogP contribution is 2.22. The van der Waals surface area contributed by atoms with Crippen LogP contribution in [0, 0.1) is 0 Å². The Morgan fingerprint density at radius 3 is 2.90 bits per heavy atom. The highest BCUT2D eigenvalue weighted by Gasteiger charge is 2.24. The van der Waals surface area contributed by atoms with Gasteiger partial charge in [-0.05, 0) is 23.4 Å². The van der Waals surface area contributed by atoms with Crippen molar-refractivity contribution < 1.29 is 17.9 Å². The van der Waals surface area contributed by atoms with Crippen LogP contribution in [-0.2, 0) is 28.2 Å². The fourth-order valence-corrected chi connectivity index (χ4v) is 4.12. The Labute approximate surface area is 126 Å². The molecule has 0 aliphatic carbocycles. The third-order valence-corrected chi connectivity index (χ3v) is 5.28. The van der Waals surface area contributed by atoms with E-state index in [1.807, 2.05) is 6.20 Å². The van der Waals surface area contributed by atoms with Crippen molar-refractivity contribution in [3.05, 3.63) is 34.3 Å². The van der Waals surface area contributed by atoms with E-state index in [1.165, 1.54) is 13.2 Å². The summed E-state index contributed by atoms with van der Waals surface area (Å²) in [5.74, 6) is -0.655. The van der Waals surface area contributed by atoms with Gasteiger partial charge in [-0.25, -0.2) is 17.9 Å². The number of nitrogens with zero attached hydrogens (tertiary/aromatic N) is 2. The van der Waals surface area contributed by atoms with Gasteiger partial charge in [0.2, 0.25) is 10.0 Å². The minimum absolute atomic E-state index is 0.0504. The molecular formula is C12H15N3O4S2. The highest BCUT2D eigenvalue weighted by molar-refractivity contribution is 7.89. The number of aromatic nitrogens is 2. The number of thiophene rings is 1. The van der Waals surface area contributed by atoms with Gasteiger partial charge in [-0.2, -0.15) is 5.10 Å². The SMILES string of the molecule is COC(=O)c1sccc1S(=O)(=O)NCCc1cnn(C)c1. The number of esters is 1. The standard InChI is InChI=1S/C12H15N3O4S2/c1-15-8-9(7-13-15)3-5-14-21(17,18)10-4-6-20-11(10)12(16)19-2/h4,6-8,14H,3,5H2,1-2H3. The first-order valence-corrected chi connectivity index (χ1v) is 8.43. The van der Waals surface area contributed by atoms with E-state index in [2.05, 4.69) is 14.6 Å². The Morgan fingerprint density at radius 2 is 2.29 bits per heavy atom. The molecule has 0 radical (unpaired) electrons. The molecular weight excluding hydrogens is 314 g/mol. The molecule has 0 aliphatic rings. The number of carbonyl (C=O) groups is 1. The second-order valence-electron chi connectivity index (χ2n) is 4.28. The number of methoxy groups -OCH3 is 1. The minimum Gasteiger partial charge on any atom is -0.465 e. The molecule has 0 amide bonds. The summed E-state index contributed by atoms with van der Waals surface area (Å²) in [5.41, 5.74) is 0.929. The normalized spacial score (nSPS) is 11.5. The quantitative estimate of drug-likeness (QED) is 0.791. The van der Waals surface area contributed by atoms with Crippen LogP contribution in [0.25, 0.3) is 0 Å². The average Bonchev–Trinajstić information content (AvgIpc) is 3.07. The second-order valence-corrected chi connectivity index (χ2v) is 6.93. The van der Waals surface area contributed by atoms with Gasteiger partial charge in [-0.1, -0.05) is 0 Å². The zero-order valence-corrected chi connectivity index (χ0v) is 13.2. The molecule has 0 unspecified atom stereocenters. The van der Waals surface area contributed by atoms with Gasteiger partial charge in [-0.15, -0.1) is 11.3 Å². The van der Waals surface area contributed by atoms with Crippen molar-refractivity contribution in [3.63, 3.8) is 0 Å². The number of ether oxygens (including phenoxy) is 1. The number of nitrogens with one attached hydrogen (secondary N) is 1. The lowest BCUT2D eigenvalue weighted by molar-refractivity contribution is 0.0602. The van der Waals surface area contributed by atoms with E-state index < -0.39 is 16.0 Å². The lowest BCUT2D eigenvalue weighted by atomic mass is 10.3. The van der Waals surface area contributed by atoms with E-state index >= 15 is 0 Å². The van der Waals surface area contributed by atoms with Crippen LogP contribution in [0.3, 0.4) is 0 Å². The molecule has 0 aromatic carbocycles. The van der Waals surface area contributed by atoms with Gasteiger partial charge in [0.05, 0.1) is 13.3 Å². The van der Waals surface area contributed by atoms with Crippen LogP contribution in [0.15, 0.2) is 28.7 Å². The predicted octanol–water partition coefficient (Wildman–Crippen LogP) is 0.789. The summed E-state index contributed by atoms with van der Waals surface area (Å²) in [7, 11) is -0.724. The fraction of sp³-hybridized carbons (Fsp3) is 0.333. The first-order chi connectivity index (χ1) is 9.94. The van der Waals surface area contributed by atoms with Gasteiger partial charge in [0, 0.05) is 19.8 Å². The third kappa shape index (κ3) is 3.69. The zero-order chi connectivity index (χ0) is 15.5. The topological polar surface area (TPSA) is 90.3 Å². The molecule has 0 saturated carbocycles. The fourth-order valence-electron chi connectivity index (χ4n) is 1.76. The Hall–Kier alpha value is -1.71. The summed E-state index contributed by atoms with van der Waals surface area (Å²) in [6, 6.07) is 1.39. The number of hydrogen-bond acceptors (Lipinski definition) is 6. The van der Waals surface area contributed by atoms with Crippen LogP contribution in [0.5, 0.6) is 0 Å².